The summed E-state index contributed by atoms with van der Waals surface area (Å²) in [5.74, 6) is -1.45. The van der Waals surface area contributed by atoms with Crippen LogP contribution >= 0.6 is 11.8 Å². The topological polar surface area (TPSA) is 137 Å². The summed E-state index contributed by atoms with van der Waals surface area (Å²) in [6, 6.07) is 0. The summed E-state index contributed by atoms with van der Waals surface area (Å²) in [7, 11) is 0. The highest BCUT2D eigenvalue weighted by Crippen LogP contribution is 2.17. The van der Waals surface area contributed by atoms with Crippen LogP contribution < -0.4 is 11.5 Å². The molecule has 0 unspecified atom stereocenters. The van der Waals surface area contributed by atoms with Gasteiger partial charge in [-0.2, -0.15) is 0 Å². The number of thioether (sulfide) groups is 1. The van der Waals surface area contributed by atoms with E-state index >= 15 is 0 Å². The third-order valence-corrected chi connectivity index (χ3v) is 2.60. The molecule has 0 spiro atoms. The molecule has 0 saturated heterocycles. The molecule has 8 nitrogen and oxygen atoms in total. The van der Waals surface area contributed by atoms with E-state index in [4.69, 9.17) is 16.6 Å². The highest BCUT2D eigenvalue weighted by molar-refractivity contribution is 7.99. The summed E-state index contributed by atoms with van der Waals surface area (Å²) in [6.45, 7) is 0.246. The Hall–Kier alpha value is -1.77. The lowest BCUT2D eigenvalue weighted by Crippen LogP contribution is -2.15. The van der Waals surface area contributed by atoms with Gasteiger partial charge in [0.15, 0.2) is 5.16 Å². The number of nitrogens with zero attached hydrogens (tertiary/aromatic N) is 3. The number of carbonyl (C=O) groups is 2. The van der Waals surface area contributed by atoms with Gasteiger partial charge in [-0.3, -0.25) is 14.2 Å². The summed E-state index contributed by atoms with van der Waals surface area (Å²) in [5, 5.41) is 16.2. The molecule has 0 atom stereocenters. The minimum Gasteiger partial charge on any atom is -0.481 e. The van der Waals surface area contributed by atoms with Gasteiger partial charge in [-0.15, -0.1) is 10.2 Å². The van der Waals surface area contributed by atoms with Crippen LogP contribution in [0.25, 0.3) is 0 Å². The van der Waals surface area contributed by atoms with Gasteiger partial charge in [-0.05, 0) is 0 Å². The van der Waals surface area contributed by atoms with Crippen molar-refractivity contribution in [2.24, 2.45) is 5.73 Å². The molecular weight excluding hydrogens is 234 g/mol. The quantitative estimate of drug-likeness (QED) is 0.541. The number of primary amides is 1. The Bertz CT molecular complexity index is 405. The SMILES string of the molecule is NC(=O)CCn1c(N)nnc1SCC(=O)O. The number of carbonyl (C=O) groups excluding carboxylic acids is 1. The van der Waals surface area contributed by atoms with Gasteiger partial charge in [0.05, 0.1) is 5.75 Å². The first kappa shape index (κ1) is 12.3. The van der Waals surface area contributed by atoms with Gasteiger partial charge in [-0.25, -0.2) is 0 Å². The molecule has 0 saturated carbocycles. The van der Waals surface area contributed by atoms with Crippen LogP contribution in [0.2, 0.25) is 0 Å². The largest absolute Gasteiger partial charge is 0.481 e. The van der Waals surface area contributed by atoms with Crippen molar-refractivity contribution in [1.29, 1.82) is 0 Å². The average Bonchev–Trinajstić information content (AvgIpc) is 2.53. The number of nitrogen functional groups attached to an aromatic ring is 1. The van der Waals surface area contributed by atoms with Crippen LogP contribution in [-0.4, -0.2) is 37.5 Å². The Morgan fingerprint density at radius 2 is 2.12 bits per heavy atom. The second-order valence-electron chi connectivity index (χ2n) is 2.89. The van der Waals surface area contributed by atoms with E-state index in [1.807, 2.05) is 0 Å². The first-order valence-corrected chi connectivity index (χ1v) is 5.31. The minimum atomic E-state index is -0.965. The zero-order chi connectivity index (χ0) is 12.1. The van der Waals surface area contributed by atoms with Gasteiger partial charge in [0.1, 0.15) is 0 Å². The molecule has 1 aromatic heterocycles. The van der Waals surface area contributed by atoms with Crippen LogP contribution in [0.4, 0.5) is 5.95 Å². The summed E-state index contributed by atoms with van der Waals surface area (Å²) >= 11 is 0.985. The summed E-state index contributed by atoms with van der Waals surface area (Å²) in [6.07, 6.45) is 0.100. The van der Waals surface area contributed by atoms with Crippen molar-refractivity contribution in [3.8, 4) is 0 Å². The smallest absolute Gasteiger partial charge is 0.313 e. The molecule has 1 rings (SSSR count). The van der Waals surface area contributed by atoms with Crippen molar-refractivity contribution >= 4 is 29.6 Å². The normalized spacial score (nSPS) is 10.2. The van der Waals surface area contributed by atoms with E-state index in [1.54, 1.807) is 0 Å². The van der Waals surface area contributed by atoms with Crippen molar-refractivity contribution < 1.29 is 14.7 Å². The number of amides is 1. The molecule has 0 aliphatic carbocycles. The number of anilines is 1. The van der Waals surface area contributed by atoms with Gasteiger partial charge in [0.25, 0.3) is 0 Å². The first-order valence-electron chi connectivity index (χ1n) is 4.32. The van der Waals surface area contributed by atoms with Gasteiger partial charge in [0.2, 0.25) is 11.9 Å². The molecular formula is C7H11N5O3S. The summed E-state index contributed by atoms with van der Waals surface area (Å²) < 4.78 is 1.46. The van der Waals surface area contributed by atoms with Crippen LogP contribution in [0.1, 0.15) is 6.42 Å². The third-order valence-electron chi connectivity index (χ3n) is 1.65. The number of hydrogen-bond donors (Lipinski definition) is 3. The van der Waals surface area contributed by atoms with E-state index in [-0.39, 0.29) is 24.7 Å². The fourth-order valence-corrected chi connectivity index (χ4v) is 1.66. The minimum absolute atomic E-state index is 0.100. The summed E-state index contributed by atoms with van der Waals surface area (Å²) in [4.78, 5) is 21.0. The second-order valence-corrected chi connectivity index (χ2v) is 3.83. The van der Waals surface area contributed by atoms with E-state index in [1.165, 1.54) is 4.57 Å². The van der Waals surface area contributed by atoms with Crippen LogP contribution in [-0.2, 0) is 16.1 Å². The molecule has 0 radical (unpaired) electrons. The Morgan fingerprint density at radius 1 is 1.44 bits per heavy atom. The molecule has 1 amide bonds. The number of aliphatic carboxylic acids is 1. The molecule has 88 valence electrons. The van der Waals surface area contributed by atoms with Crippen LogP contribution in [0, 0.1) is 0 Å². The number of nitrogens with two attached hydrogens (primary N) is 2. The molecule has 0 aliphatic heterocycles. The lowest BCUT2D eigenvalue weighted by molar-refractivity contribution is -0.134. The predicted octanol–water partition coefficient (Wildman–Crippen LogP) is -1.09. The van der Waals surface area contributed by atoms with Crippen molar-refractivity contribution in [1.82, 2.24) is 14.8 Å². The van der Waals surface area contributed by atoms with E-state index in [9.17, 15) is 9.59 Å². The molecule has 9 heteroatoms. The highest BCUT2D eigenvalue weighted by atomic mass is 32.2. The maximum atomic E-state index is 10.6. The number of carboxylic acids is 1. The molecule has 1 aromatic rings. The predicted molar refractivity (Wildman–Crippen MR) is 56.6 cm³/mol. The van der Waals surface area contributed by atoms with Gasteiger partial charge in [-0.1, -0.05) is 11.8 Å². The van der Waals surface area contributed by atoms with Crippen molar-refractivity contribution in [3.05, 3.63) is 0 Å². The maximum Gasteiger partial charge on any atom is 0.313 e. The Labute approximate surface area is 95.0 Å². The fraction of sp³-hybridized carbons (Fsp3) is 0.429. The zero-order valence-electron chi connectivity index (χ0n) is 8.29. The first-order chi connectivity index (χ1) is 7.50. The van der Waals surface area contributed by atoms with Crippen LogP contribution in [0.5, 0.6) is 0 Å². The fourth-order valence-electron chi connectivity index (χ4n) is 0.965. The van der Waals surface area contributed by atoms with Crippen molar-refractivity contribution in [3.63, 3.8) is 0 Å². The van der Waals surface area contributed by atoms with Crippen molar-refractivity contribution in [2.75, 3.05) is 11.5 Å². The van der Waals surface area contributed by atoms with E-state index < -0.39 is 11.9 Å². The highest BCUT2D eigenvalue weighted by Gasteiger charge is 2.12. The average molecular weight is 245 g/mol. The van der Waals surface area contributed by atoms with Crippen LogP contribution in [0.3, 0.4) is 0 Å². The molecule has 1 heterocycles. The molecule has 0 aliphatic rings. The van der Waals surface area contributed by atoms with Crippen molar-refractivity contribution in [2.45, 2.75) is 18.1 Å². The number of carboxylic acid groups (broad SMARTS) is 1. The lowest BCUT2D eigenvalue weighted by Gasteiger charge is -2.04. The maximum absolute atomic E-state index is 10.6. The molecule has 0 aromatic carbocycles. The Morgan fingerprint density at radius 3 is 2.69 bits per heavy atom. The molecule has 16 heavy (non-hydrogen) atoms. The summed E-state index contributed by atoms with van der Waals surface area (Å²) in [5.41, 5.74) is 10.5. The zero-order valence-corrected chi connectivity index (χ0v) is 9.11. The standard InChI is InChI=1S/C7H11N5O3S/c8-4(13)1-2-12-6(9)10-11-7(12)16-3-5(14)15/h1-3H2,(H2,8,13)(H2,9,10)(H,14,15). The lowest BCUT2D eigenvalue weighted by atomic mass is 10.4. The third kappa shape index (κ3) is 3.42. The Kier molecular flexibility index (Phi) is 4.11. The van der Waals surface area contributed by atoms with E-state index in [2.05, 4.69) is 10.2 Å². The molecule has 5 N–H and O–H groups in total. The molecule has 0 bridgehead atoms. The van der Waals surface area contributed by atoms with E-state index in [0.29, 0.717) is 5.16 Å². The van der Waals surface area contributed by atoms with E-state index in [0.717, 1.165) is 11.8 Å². The number of rotatable bonds is 6. The van der Waals surface area contributed by atoms with Gasteiger partial charge >= 0.3 is 5.97 Å². The van der Waals surface area contributed by atoms with Gasteiger partial charge < -0.3 is 16.6 Å². The molecule has 0 fully saturated rings. The number of aromatic nitrogens is 3. The van der Waals surface area contributed by atoms with Crippen LogP contribution in [0.15, 0.2) is 5.16 Å². The Balaban J connectivity index is 2.69. The monoisotopic (exact) mass is 245 g/mol. The second kappa shape index (κ2) is 5.35. The number of hydrogen-bond acceptors (Lipinski definition) is 6. The van der Waals surface area contributed by atoms with Gasteiger partial charge in [0, 0.05) is 13.0 Å².